The summed E-state index contributed by atoms with van der Waals surface area (Å²) in [7, 11) is 0. The molecule has 34 heavy (non-hydrogen) atoms. The molecular formula is C24H19FN6O3. The van der Waals surface area contributed by atoms with E-state index in [1.807, 2.05) is 18.2 Å². The van der Waals surface area contributed by atoms with Crippen molar-refractivity contribution in [2.75, 3.05) is 5.32 Å². The van der Waals surface area contributed by atoms with Crippen LogP contribution in [0.5, 0.6) is 11.6 Å². The molecule has 4 aromatic rings. The first kappa shape index (κ1) is 20.3. The number of carbonyl (C=O) groups is 1. The molecule has 0 saturated carbocycles. The Bertz CT molecular complexity index is 1490. The molecule has 2 aliphatic rings. The molecule has 1 aromatic carbocycles. The van der Waals surface area contributed by atoms with Crippen molar-refractivity contribution in [2.45, 2.75) is 25.9 Å². The van der Waals surface area contributed by atoms with Crippen molar-refractivity contribution in [3.05, 3.63) is 77.8 Å². The fourth-order valence-electron chi connectivity index (χ4n) is 4.10. The predicted octanol–water partition coefficient (Wildman–Crippen LogP) is 4.93. The van der Waals surface area contributed by atoms with Crippen LogP contribution in [0.1, 0.15) is 29.8 Å². The molecule has 0 radical (unpaired) electrons. The minimum absolute atomic E-state index is 0.160. The van der Waals surface area contributed by atoms with Gasteiger partial charge in [-0.15, -0.1) is 0 Å². The molecule has 0 spiro atoms. The summed E-state index contributed by atoms with van der Waals surface area (Å²) in [5.41, 5.74) is 4.03. The summed E-state index contributed by atoms with van der Waals surface area (Å²) in [5.74, 6) is 1.19. The smallest absolute Gasteiger partial charge is 0.332 e. The molecule has 0 atom stereocenters. The Morgan fingerprint density at radius 2 is 2.09 bits per heavy atom. The lowest BCUT2D eigenvalue weighted by atomic mass is 10.0. The number of fused-ring (bicyclic) bond motifs is 2. The number of aromatic nitrogens is 4. The lowest BCUT2D eigenvalue weighted by Crippen LogP contribution is -2.17. The van der Waals surface area contributed by atoms with Crippen LogP contribution in [0, 0.1) is 0 Å². The zero-order valence-electron chi connectivity index (χ0n) is 17.9. The lowest BCUT2D eigenvalue weighted by molar-refractivity contribution is 0.253. The van der Waals surface area contributed by atoms with Gasteiger partial charge in [-0.2, -0.15) is 0 Å². The van der Waals surface area contributed by atoms with Gasteiger partial charge < -0.3 is 14.6 Å². The number of anilines is 1. The van der Waals surface area contributed by atoms with Gasteiger partial charge in [-0.3, -0.25) is 9.88 Å². The minimum Gasteiger partial charge on any atom is -0.439 e. The van der Waals surface area contributed by atoms with E-state index in [9.17, 15) is 9.18 Å². The fraction of sp³-hybridized carbons (Fsp3) is 0.167. The predicted molar refractivity (Wildman–Crippen MR) is 122 cm³/mol. The van der Waals surface area contributed by atoms with Crippen LogP contribution in [0.3, 0.4) is 0 Å². The number of nitrogens with zero attached hydrogens (tertiary/aromatic N) is 4. The molecule has 9 nitrogen and oxygen atoms in total. The van der Waals surface area contributed by atoms with E-state index in [0.29, 0.717) is 48.8 Å². The molecule has 0 fully saturated rings. The molecule has 3 aromatic heterocycles. The Kier molecular flexibility index (Phi) is 4.92. The Morgan fingerprint density at radius 1 is 1.15 bits per heavy atom. The first-order valence-electron chi connectivity index (χ1n) is 10.8. The maximum atomic E-state index is 13.2. The number of nitrogens with one attached hydrogen (secondary N) is 2. The highest BCUT2D eigenvalue weighted by Crippen LogP contribution is 2.30. The van der Waals surface area contributed by atoms with Crippen LogP contribution in [0.4, 0.5) is 15.1 Å². The Hall–Kier alpha value is -4.31. The number of amides is 1. The van der Waals surface area contributed by atoms with E-state index in [1.165, 1.54) is 17.0 Å². The van der Waals surface area contributed by atoms with Crippen molar-refractivity contribution in [2.24, 2.45) is 0 Å². The number of hydrogen-bond donors (Lipinski definition) is 2. The van der Waals surface area contributed by atoms with E-state index < -0.39 is 6.03 Å². The van der Waals surface area contributed by atoms with E-state index in [-0.39, 0.29) is 11.7 Å². The maximum absolute atomic E-state index is 13.2. The molecule has 0 bridgehead atoms. The van der Waals surface area contributed by atoms with Crippen molar-refractivity contribution < 1.29 is 18.4 Å². The van der Waals surface area contributed by atoms with Gasteiger partial charge in [0.05, 0.1) is 16.8 Å². The summed E-state index contributed by atoms with van der Waals surface area (Å²) >= 11 is 0. The second kappa shape index (κ2) is 8.23. The quantitative estimate of drug-likeness (QED) is 0.447. The molecule has 6 rings (SSSR count). The molecule has 1 aliphatic heterocycles. The zero-order valence-corrected chi connectivity index (χ0v) is 17.9. The first-order valence-corrected chi connectivity index (χ1v) is 10.8. The Morgan fingerprint density at radius 3 is 2.97 bits per heavy atom. The number of benzene rings is 1. The van der Waals surface area contributed by atoms with Crippen LogP contribution < -0.4 is 15.4 Å². The molecule has 170 valence electrons. The molecule has 2 N–H and O–H groups in total. The summed E-state index contributed by atoms with van der Waals surface area (Å²) in [6.07, 6.45) is 7.12. The lowest BCUT2D eigenvalue weighted by Gasteiger charge is -2.09. The summed E-state index contributed by atoms with van der Waals surface area (Å²) in [5, 5.41) is 10.8. The van der Waals surface area contributed by atoms with Gasteiger partial charge in [-0.25, -0.2) is 19.2 Å². The summed E-state index contributed by atoms with van der Waals surface area (Å²) < 4.78 is 26.0. The van der Waals surface area contributed by atoms with Crippen LogP contribution >= 0.6 is 0 Å². The SMILES string of the molecule is O=C(Nc1cc(C2=CC=C(F)CC2)no1)n1ccc2cc(Oc3ncnc4c3CNC4)ccc21. The largest absolute Gasteiger partial charge is 0.439 e. The zero-order chi connectivity index (χ0) is 23.1. The third-order valence-electron chi connectivity index (χ3n) is 5.85. The highest BCUT2D eigenvalue weighted by Gasteiger charge is 2.19. The number of allylic oxidation sites excluding steroid dienone is 4. The standard InChI is InChI=1S/C24H19FN6O3/c25-16-3-1-14(2-4-16)19-10-22(34-30-19)29-24(32)31-8-7-15-9-17(5-6-21(15)31)33-23-18-11-26-12-20(18)27-13-28-23/h1,3,5-10,13,26H,2,4,11-12H2,(H,29,32). The van der Waals surface area contributed by atoms with Crippen molar-refractivity contribution >= 4 is 28.4 Å². The van der Waals surface area contributed by atoms with E-state index in [1.54, 1.807) is 24.4 Å². The second-order valence-electron chi connectivity index (χ2n) is 8.03. The van der Waals surface area contributed by atoms with Gasteiger partial charge in [0.15, 0.2) is 0 Å². The van der Waals surface area contributed by atoms with Gasteiger partial charge >= 0.3 is 6.03 Å². The van der Waals surface area contributed by atoms with Crippen LogP contribution in [0.25, 0.3) is 16.5 Å². The van der Waals surface area contributed by atoms with E-state index in [2.05, 4.69) is 25.8 Å². The van der Waals surface area contributed by atoms with E-state index in [0.717, 1.165) is 22.2 Å². The van der Waals surface area contributed by atoms with Crippen LogP contribution in [0.15, 0.2) is 65.4 Å². The van der Waals surface area contributed by atoms with Crippen molar-refractivity contribution in [3.63, 3.8) is 0 Å². The number of ether oxygens (including phenoxy) is 1. The number of rotatable bonds is 4. The van der Waals surface area contributed by atoms with Gasteiger partial charge in [0.1, 0.15) is 23.6 Å². The monoisotopic (exact) mass is 458 g/mol. The third kappa shape index (κ3) is 3.73. The molecule has 10 heteroatoms. The molecule has 0 unspecified atom stereocenters. The average Bonchev–Trinajstić information content (AvgIpc) is 3.59. The number of halogens is 1. The van der Waals surface area contributed by atoms with E-state index >= 15 is 0 Å². The maximum Gasteiger partial charge on any atom is 0.332 e. The molecule has 0 saturated heterocycles. The highest BCUT2D eigenvalue weighted by atomic mass is 19.1. The number of hydrogen-bond acceptors (Lipinski definition) is 7. The van der Waals surface area contributed by atoms with Gasteiger partial charge in [0.2, 0.25) is 11.8 Å². The third-order valence-corrected chi connectivity index (χ3v) is 5.85. The molecular weight excluding hydrogens is 439 g/mol. The van der Waals surface area contributed by atoms with Crippen LogP contribution in [-0.4, -0.2) is 25.7 Å². The summed E-state index contributed by atoms with van der Waals surface area (Å²) in [6, 6.07) is 8.52. The number of carbonyl (C=O) groups excluding carboxylic acids is 1. The average molecular weight is 458 g/mol. The topological polar surface area (TPSA) is 107 Å². The fourth-order valence-corrected chi connectivity index (χ4v) is 4.10. The summed E-state index contributed by atoms with van der Waals surface area (Å²) in [4.78, 5) is 21.4. The minimum atomic E-state index is -0.394. The molecule has 1 amide bonds. The second-order valence-corrected chi connectivity index (χ2v) is 8.03. The Labute approximate surface area is 192 Å². The van der Waals surface area contributed by atoms with Gasteiger partial charge in [0, 0.05) is 37.2 Å². The first-order chi connectivity index (χ1) is 16.6. The van der Waals surface area contributed by atoms with E-state index in [4.69, 9.17) is 9.26 Å². The van der Waals surface area contributed by atoms with Crippen molar-refractivity contribution in [3.8, 4) is 11.6 Å². The normalized spacial score (nSPS) is 15.1. The highest BCUT2D eigenvalue weighted by molar-refractivity contribution is 5.98. The van der Waals surface area contributed by atoms with Gasteiger partial charge in [-0.05, 0) is 42.3 Å². The van der Waals surface area contributed by atoms with Crippen LogP contribution in [0.2, 0.25) is 0 Å². The Balaban J connectivity index is 1.19. The molecule has 4 heterocycles. The van der Waals surface area contributed by atoms with Crippen molar-refractivity contribution in [1.82, 2.24) is 25.0 Å². The molecule has 1 aliphatic carbocycles. The van der Waals surface area contributed by atoms with Gasteiger partial charge in [0.25, 0.3) is 0 Å². The van der Waals surface area contributed by atoms with Crippen molar-refractivity contribution in [1.29, 1.82) is 0 Å². The van der Waals surface area contributed by atoms with Crippen LogP contribution in [-0.2, 0) is 13.1 Å². The van der Waals surface area contributed by atoms with Gasteiger partial charge in [-0.1, -0.05) is 11.2 Å². The summed E-state index contributed by atoms with van der Waals surface area (Å²) in [6.45, 7) is 1.36.